The Balaban J connectivity index is 1.82. The monoisotopic (exact) mass is 343 g/mol. The lowest BCUT2D eigenvalue weighted by Gasteiger charge is -2.06. The van der Waals surface area contributed by atoms with Crippen LogP contribution in [0, 0.1) is 0 Å². The van der Waals surface area contributed by atoms with Gasteiger partial charge in [-0.2, -0.15) is 0 Å². The van der Waals surface area contributed by atoms with E-state index in [1.54, 1.807) is 22.7 Å². The van der Waals surface area contributed by atoms with Crippen molar-refractivity contribution in [3.63, 3.8) is 0 Å². The molecule has 0 aliphatic rings. The second kappa shape index (κ2) is 4.82. The van der Waals surface area contributed by atoms with Crippen LogP contribution in [0.3, 0.4) is 0 Å². The van der Waals surface area contributed by atoms with Gasteiger partial charge in [0.2, 0.25) is 0 Å². The molecule has 0 aliphatic heterocycles. The van der Waals surface area contributed by atoms with Gasteiger partial charge in [-0.25, -0.2) is 0 Å². The molecule has 0 fully saturated rings. The fraction of sp³-hybridized carbons (Fsp3) is 0.167. The van der Waals surface area contributed by atoms with Gasteiger partial charge < -0.3 is 5.73 Å². The van der Waals surface area contributed by atoms with Crippen molar-refractivity contribution in [2.75, 3.05) is 0 Å². The summed E-state index contributed by atoms with van der Waals surface area (Å²) in [6.07, 6.45) is 0.921. The van der Waals surface area contributed by atoms with E-state index in [4.69, 9.17) is 5.73 Å². The fourth-order valence-corrected chi connectivity index (χ4v) is 5.38. The zero-order chi connectivity index (χ0) is 11.8. The Kier molecular flexibility index (Phi) is 3.36. The third kappa shape index (κ3) is 2.48. The Hall–Kier alpha value is -0.200. The maximum atomic E-state index is 6.27. The molecule has 2 N–H and O–H groups in total. The van der Waals surface area contributed by atoms with Crippen LogP contribution in [-0.2, 0) is 6.42 Å². The summed E-state index contributed by atoms with van der Waals surface area (Å²) >= 11 is 8.84. The summed E-state index contributed by atoms with van der Waals surface area (Å²) in [4.78, 5) is 2.62. The molecule has 0 aliphatic carbocycles. The van der Waals surface area contributed by atoms with Gasteiger partial charge in [0.15, 0.2) is 0 Å². The maximum Gasteiger partial charge on any atom is 0.0454 e. The van der Waals surface area contributed by atoms with Crippen molar-refractivity contribution < 1.29 is 0 Å². The molecule has 0 aromatic carbocycles. The number of nitrogens with two attached hydrogens (primary N) is 1. The molecule has 0 saturated carbocycles. The summed E-state index contributed by atoms with van der Waals surface area (Å²) in [5.41, 5.74) is 6.27. The number of halogens is 1. The Morgan fingerprint density at radius 2 is 2.12 bits per heavy atom. The van der Waals surface area contributed by atoms with Gasteiger partial charge in [0.25, 0.3) is 0 Å². The molecular weight excluding hydrogens is 334 g/mol. The second-order valence-electron chi connectivity index (χ2n) is 3.84. The molecule has 0 spiro atoms. The predicted molar refractivity (Wildman–Crippen MR) is 82.4 cm³/mol. The van der Waals surface area contributed by atoms with Crippen LogP contribution in [0.1, 0.15) is 15.8 Å². The van der Waals surface area contributed by atoms with Gasteiger partial charge in [0.05, 0.1) is 0 Å². The molecule has 3 rings (SSSR count). The topological polar surface area (TPSA) is 26.0 Å². The molecule has 1 unspecified atom stereocenters. The van der Waals surface area contributed by atoms with Crippen LogP contribution in [-0.4, -0.2) is 0 Å². The molecule has 3 heterocycles. The standard InChI is InChI=1S/C12H10BrNS3/c13-7-3-8(16-6-7)4-9(14)11-5-12-10(17-11)1-2-15-12/h1-3,5-6,9H,4,14H2. The summed E-state index contributed by atoms with van der Waals surface area (Å²) in [6, 6.07) is 6.67. The Morgan fingerprint density at radius 3 is 2.82 bits per heavy atom. The molecule has 3 aromatic rings. The third-order valence-corrected chi connectivity index (χ3v) is 6.51. The van der Waals surface area contributed by atoms with Gasteiger partial charge in [0.1, 0.15) is 0 Å². The first-order valence-corrected chi connectivity index (χ1v) is 8.54. The first kappa shape index (κ1) is 11.9. The van der Waals surface area contributed by atoms with Crippen LogP contribution in [0.25, 0.3) is 9.40 Å². The number of hydrogen-bond donors (Lipinski definition) is 1. The van der Waals surface area contributed by atoms with E-state index in [2.05, 4.69) is 44.9 Å². The van der Waals surface area contributed by atoms with Crippen molar-refractivity contribution in [2.45, 2.75) is 12.5 Å². The average Bonchev–Trinajstić information content (AvgIpc) is 2.92. The van der Waals surface area contributed by atoms with E-state index in [1.165, 1.54) is 19.2 Å². The Bertz CT molecular complexity index is 608. The van der Waals surface area contributed by atoms with Crippen LogP contribution in [0.4, 0.5) is 0 Å². The summed E-state index contributed by atoms with van der Waals surface area (Å²) in [5, 5.41) is 4.24. The van der Waals surface area contributed by atoms with Crippen LogP contribution >= 0.6 is 49.9 Å². The van der Waals surface area contributed by atoms with E-state index in [9.17, 15) is 0 Å². The van der Waals surface area contributed by atoms with Crippen LogP contribution in [0.5, 0.6) is 0 Å². The minimum Gasteiger partial charge on any atom is -0.323 e. The van der Waals surface area contributed by atoms with Gasteiger partial charge in [-0.1, -0.05) is 0 Å². The molecule has 88 valence electrons. The third-order valence-electron chi connectivity index (χ3n) is 2.57. The smallest absolute Gasteiger partial charge is 0.0454 e. The largest absolute Gasteiger partial charge is 0.323 e. The van der Waals surface area contributed by atoms with E-state index in [0.717, 1.165) is 10.9 Å². The minimum atomic E-state index is 0.116. The first-order valence-electron chi connectivity index (χ1n) is 5.18. The molecule has 0 bridgehead atoms. The maximum absolute atomic E-state index is 6.27. The molecule has 17 heavy (non-hydrogen) atoms. The fourth-order valence-electron chi connectivity index (χ4n) is 1.75. The highest BCUT2D eigenvalue weighted by atomic mass is 79.9. The van der Waals surface area contributed by atoms with Crippen LogP contribution < -0.4 is 5.73 Å². The molecule has 0 radical (unpaired) electrons. The van der Waals surface area contributed by atoms with Crippen molar-refractivity contribution in [3.05, 3.63) is 43.2 Å². The van der Waals surface area contributed by atoms with E-state index < -0.39 is 0 Å². The Labute approximate surface area is 120 Å². The average molecular weight is 344 g/mol. The second-order valence-corrected chi connectivity index (χ2v) is 7.81. The number of fused-ring (bicyclic) bond motifs is 1. The Morgan fingerprint density at radius 1 is 1.24 bits per heavy atom. The van der Waals surface area contributed by atoms with Crippen molar-refractivity contribution >= 4 is 59.3 Å². The SMILES string of the molecule is NC(Cc1cc(Br)cs1)c1cc2sccc2s1. The summed E-state index contributed by atoms with van der Waals surface area (Å²) < 4.78 is 3.86. The lowest BCUT2D eigenvalue weighted by Crippen LogP contribution is -2.10. The van der Waals surface area contributed by atoms with Gasteiger partial charge >= 0.3 is 0 Å². The molecule has 1 nitrogen and oxygen atoms in total. The van der Waals surface area contributed by atoms with Gasteiger partial charge in [-0.15, -0.1) is 34.0 Å². The quantitative estimate of drug-likeness (QED) is 0.709. The summed E-state index contributed by atoms with van der Waals surface area (Å²) in [7, 11) is 0. The van der Waals surface area contributed by atoms with E-state index in [1.807, 2.05) is 11.3 Å². The van der Waals surface area contributed by atoms with Gasteiger partial charge in [0, 0.05) is 41.5 Å². The van der Waals surface area contributed by atoms with Crippen molar-refractivity contribution in [3.8, 4) is 0 Å². The molecule has 0 amide bonds. The highest BCUT2D eigenvalue weighted by molar-refractivity contribution is 9.10. The predicted octanol–water partition coefficient (Wildman–Crippen LogP) is 5.03. The van der Waals surface area contributed by atoms with Crippen LogP contribution in [0.2, 0.25) is 0 Å². The highest BCUT2D eigenvalue weighted by Gasteiger charge is 2.12. The first-order chi connectivity index (χ1) is 8.22. The van der Waals surface area contributed by atoms with Crippen molar-refractivity contribution in [2.24, 2.45) is 5.73 Å². The zero-order valence-electron chi connectivity index (χ0n) is 8.85. The normalized spacial score (nSPS) is 13.3. The number of thiophene rings is 3. The van der Waals surface area contributed by atoms with Crippen LogP contribution in [0.15, 0.2) is 33.4 Å². The molecule has 0 saturated heterocycles. The lowest BCUT2D eigenvalue weighted by atomic mass is 10.1. The molecule has 1 atom stereocenters. The van der Waals surface area contributed by atoms with Crippen molar-refractivity contribution in [1.29, 1.82) is 0 Å². The lowest BCUT2D eigenvalue weighted by molar-refractivity contribution is 0.746. The van der Waals surface area contributed by atoms with E-state index in [-0.39, 0.29) is 6.04 Å². The van der Waals surface area contributed by atoms with E-state index >= 15 is 0 Å². The van der Waals surface area contributed by atoms with Crippen molar-refractivity contribution in [1.82, 2.24) is 0 Å². The zero-order valence-corrected chi connectivity index (χ0v) is 12.9. The molecular formula is C12H10BrNS3. The minimum absolute atomic E-state index is 0.116. The van der Waals surface area contributed by atoms with Gasteiger partial charge in [-0.05, 0) is 39.5 Å². The summed E-state index contributed by atoms with van der Waals surface area (Å²) in [6.45, 7) is 0. The number of hydrogen-bond acceptors (Lipinski definition) is 4. The molecule has 5 heteroatoms. The molecule has 3 aromatic heterocycles. The van der Waals surface area contributed by atoms with E-state index in [0.29, 0.717) is 0 Å². The highest BCUT2D eigenvalue weighted by Crippen LogP contribution is 2.34. The van der Waals surface area contributed by atoms with Gasteiger partial charge in [-0.3, -0.25) is 0 Å². The summed E-state index contributed by atoms with van der Waals surface area (Å²) in [5.74, 6) is 0. The number of rotatable bonds is 3.